The fraction of sp³-hybridized carbons (Fsp3) is 0.867. The van der Waals surface area contributed by atoms with Crippen LogP contribution < -0.4 is 0 Å². The summed E-state index contributed by atoms with van der Waals surface area (Å²) in [6, 6.07) is 0. The van der Waals surface area contributed by atoms with Gasteiger partial charge in [0.15, 0.2) is 0 Å². The summed E-state index contributed by atoms with van der Waals surface area (Å²) in [5.74, 6) is 1.69. The number of likely N-dealkylation sites (tertiary alicyclic amines) is 1. The van der Waals surface area contributed by atoms with Crippen LogP contribution in [-0.2, 0) is 14.3 Å². The number of rotatable bonds is 3. The number of piperidine rings is 1. The van der Waals surface area contributed by atoms with E-state index in [0.29, 0.717) is 30.9 Å². The average molecular weight is 265 g/mol. The number of nitrogens with zero attached hydrogens (tertiary/aromatic N) is 1. The fourth-order valence-electron chi connectivity index (χ4n) is 4.03. The van der Waals surface area contributed by atoms with Crippen molar-refractivity contribution in [2.75, 3.05) is 19.7 Å². The summed E-state index contributed by atoms with van der Waals surface area (Å²) < 4.78 is 5.08. The van der Waals surface area contributed by atoms with E-state index in [9.17, 15) is 9.59 Å². The summed E-state index contributed by atoms with van der Waals surface area (Å²) in [5, 5.41) is 0. The highest BCUT2D eigenvalue weighted by molar-refractivity contribution is 5.83. The Kier molecular flexibility index (Phi) is 3.50. The van der Waals surface area contributed by atoms with E-state index in [2.05, 4.69) is 0 Å². The molecule has 3 atom stereocenters. The van der Waals surface area contributed by atoms with Gasteiger partial charge in [-0.2, -0.15) is 0 Å². The van der Waals surface area contributed by atoms with Crippen LogP contribution in [0.1, 0.15) is 39.0 Å². The van der Waals surface area contributed by atoms with Gasteiger partial charge in [0.05, 0.1) is 12.5 Å². The van der Waals surface area contributed by atoms with Gasteiger partial charge >= 0.3 is 5.97 Å². The monoisotopic (exact) mass is 265 g/mol. The maximum Gasteiger partial charge on any atom is 0.310 e. The average Bonchev–Trinajstić information content (AvgIpc) is 2.90. The minimum atomic E-state index is -0.129. The Hall–Kier alpha value is -1.06. The van der Waals surface area contributed by atoms with E-state index >= 15 is 0 Å². The first-order chi connectivity index (χ1) is 9.22. The molecule has 0 aromatic heterocycles. The Balaban J connectivity index is 1.56. The number of amides is 1. The van der Waals surface area contributed by atoms with Crippen molar-refractivity contribution in [2.24, 2.45) is 23.7 Å². The Morgan fingerprint density at radius 1 is 1.16 bits per heavy atom. The largest absolute Gasteiger partial charge is 0.466 e. The molecule has 0 N–H and O–H groups in total. The van der Waals surface area contributed by atoms with E-state index in [0.717, 1.165) is 19.4 Å². The van der Waals surface area contributed by atoms with Gasteiger partial charge in [-0.15, -0.1) is 0 Å². The van der Waals surface area contributed by atoms with Crippen LogP contribution in [0.15, 0.2) is 0 Å². The van der Waals surface area contributed by atoms with Crippen LogP contribution in [0.5, 0.6) is 0 Å². The molecule has 0 radical (unpaired) electrons. The van der Waals surface area contributed by atoms with E-state index in [1.165, 1.54) is 19.3 Å². The molecule has 1 heterocycles. The number of fused-ring (bicyclic) bond motifs is 1. The molecule has 0 aromatic carbocycles. The van der Waals surface area contributed by atoms with Crippen molar-refractivity contribution in [3.63, 3.8) is 0 Å². The molecule has 2 aliphatic carbocycles. The Morgan fingerprint density at radius 3 is 2.58 bits per heavy atom. The van der Waals surface area contributed by atoms with Crippen LogP contribution in [0, 0.1) is 23.7 Å². The predicted molar refractivity (Wildman–Crippen MR) is 70.3 cm³/mol. The van der Waals surface area contributed by atoms with E-state index in [1.54, 1.807) is 0 Å². The molecule has 3 rings (SSSR count). The lowest BCUT2D eigenvalue weighted by Crippen LogP contribution is -2.44. The fourth-order valence-corrected chi connectivity index (χ4v) is 4.03. The Morgan fingerprint density at radius 2 is 1.89 bits per heavy atom. The van der Waals surface area contributed by atoms with Gasteiger partial charge in [0.1, 0.15) is 0 Å². The summed E-state index contributed by atoms with van der Waals surface area (Å²) in [5.41, 5.74) is 0. The molecule has 0 spiro atoms. The topological polar surface area (TPSA) is 46.6 Å². The summed E-state index contributed by atoms with van der Waals surface area (Å²) in [7, 11) is 0. The number of ether oxygens (including phenoxy) is 1. The predicted octanol–water partition coefficient (Wildman–Crippen LogP) is 1.83. The molecule has 3 aliphatic rings. The second-order valence-corrected chi connectivity index (χ2v) is 6.16. The number of hydrogen-bond acceptors (Lipinski definition) is 3. The van der Waals surface area contributed by atoms with Gasteiger partial charge in [0.2, 0.25) is 5.91 Å². The van der Waals surface area contributed by atoms with Gasteiger partial charge in [-0.1, -0.05) is 6.42 Å². The van der Waals surface area contributed by atoms with E-state index in [1.807, 2.05) is 11.8 Å². The smallest absolute Gasteiger partial charge is 0.310 e. The third-order valence-electron chi connectivity index (χ3n) is 5.04. The number of carbonyl (C=O) groups excluding carboxylic acids is 2. The van der Waals surface area contributed by atoms with Crippen molar-refractivity contribution in [1.29, 1.82) is 0 Å². The first-order valence-electron chi connectivity index (χ1n) is 7.67. The highest BCUT2D eigenvalue weighted by Crippen LogP contribution is 2.58. The minimum Gasteiger partial charge on any atom is -0.466 e. The van der Waals surface area contributed by atoms with Crippen molar-refractivity contribution in [3.8, 4) is 0 Å². The van der Waals surface area contributed by atoms with Gasteiger partial charge in [0, 0.05) is 19.0 Å². The second kappa shape index (κ2) is 5.14. The van der Waals surface area contributed by atoms with Gasteiger partial charge in [-0.05, 0) is 44.4 Å². The molecule has 4 nitrogen and oxygen atoms in total. The van der Waals surface area contributed by atoms with Gasteiger partial charge in [-0.25, -0.2) is 0 Å². The van der Waals surface area contributed by atoms with Crippen molar-refractivity contribution < 1.29 is 14.3 Å². The number of esters is 1. The molecule has 0 bridgehead atoms. The van der Waals surface area contributed by atoms with Crippen LogP contribution in [0.3, 0.4) is 0 Å². The maximum atomic E-state index is 12.5. The Bertz CT molecular complexity index is 372. The molecule has 4 heteroatoms. The van der Waals surface area contributed by atoms with Crippen LogP contribution in [0.2, 0.25) is 0 Å². The Labute approximate surface area is 114 Å². The van der Waals surface area contributed by atoms with Crippen LogP contribution in [0.25, 0.3) is 0 Å². The molecule has 2 saturated carbocycles. The molecule has 1 amide bonds. The van der Waals surface area contributed by atoms with Crippen LogP contribution >= 0.6 is 0 Å². The van der Waals surface area contributed by atoms with E-state index in [-0.39, 0.29) is 17.8 Å². The zero-order chi connectivity index (χ0) is 13.4. The molecular formula is C15H23NO3. The second-order valence-electron chi connectivity index (χ2n) is 6.16. The quantitative estimate of drug-likeness (QED) is 0.731. The van der Waals surface area contributed by atoms with Gasteiger partial charge in [0.25, 0.3) is 0 Å². The van der Waals surface area contributed by atoms with Crippen molar-refractivity contribution in [1.82, 2.24) is 4.90 Å². The van der Waals surface area contributed by atoms with Gasteiger partial charge in [-0.3, -0.25) is 9.59 Å². The van der Waals surface area contributed by atoms with Gasteiger partial charge < -0.3 is 9.64 Å². The lowest BCUT2D eigenvalue weighted by atomic mass is 9.97. The van der Waals surface area contributed by atoms with Crippen LogP contribution in [0.4, 0.5) is 0 Å². The number of carbonyl (C=O) groups is 2. The van der Waals surface area contributed by atoms with E-state index in [4.69, 9.17) is 4.74 Å². The number of hydrogen-bond donors (Lipinski definition) is 0. The van der Waals surface area contributed by atoms with E-state index < -0.39 is 0 Å². The molecule has 1 aliphatic heterocycles. The third kappa shape index (κ3) is 2.37. The lowest BCUT2D eigenvalue weighted by molar-refractivity contribution is -0.151. The molecule has 19 heavy (non-hydrogen) atoms. The maximum absolute atomic E-state index is 12.5. The summed E-state index contributed by atoms with van der Waals surface area (Å²) in [6.45, 7) is 3.66. The molecule has 0 aromatic rings. The summed E-state index contributed by atoms with van der Waals surface area (Å²) in [4.78, 5) is 26.2. The highest BCUT2D eigenvalue weighted by atomic mass is 16.5. The molecule has 2 unspecified atom stereocenters. The molecule has 106 valence electrons. The van der Waals surface area contributed by atoms with Crippen LogP contribution in [-0.4, -0.2) is 36.5 Å². The lowest BCUT2D eigenvalue weighted by Gasteiger charge is -2.32. The zero-order valence-corrected chi connectivity index (χ0v) is 11.6. The molecule has 3 fully saturated rings. The normalized spacial score (nSPS) is 36.8. The molecule has 1 saturated heterocycles. The summed E-state index contributed by atoms with van der Waals surface area (Å²) in [6.07, 6.45) is 5.55. The first-order valence-corrected chi connectivity index (χ1v) is 7.67. The van der Waals surface area contributed by atoms with Crippen molar-refractivity contribution in [2.45, 2.75) is 39.0 Å². The summed E-state index contributed by atoms with van der Waals surface area (Å²) >= 11 is 0. The standard InChI is InChI=1S/C15H23NO3/c1-2-19-15(18)10-5-4-8-16(9-10)14(17)13-11-6-3-7-12(11)13/h10-13H,2-9H2,1H3/t10-,11?,12?,13?/m1/s1. The zero-order valence-electron chi connectivity index (χ0n) is 11.6. The minimum absolute atomic E-state index is 0.101. The van der Waals surface area contributed by atoms with Crippen molar-refractivity contribution in [3.05, 3.63) is 0 Å². The SMILES string of the molecule is CCOC(=O)[C@@H]1CCCN(C(=O)C2C3CCCC32)C1. The molecular weight excluding hydrogens is 242 g/mol. The van der Waals surface area contributed by atoms with Crippen molar-refractivity contribution >= 4 is 11.9 Å². The highest BCUT2D eigenvalue weighted by Gasteiger charge is 2.57. The third-order valence-corrected chi connectivity index (χ3v) is 5.04. The first kappa shape index (κ1) is 12.9.